The van der Waals surface area contributed by atoms with E-state index in [0.717, 1.165) is 22.3 Å². The molecule has 0 bridgehead atoms. The van der Waals surface area contributed by atoms with Crippen molar-refractivity contribution in [2.75, 3.05) is 19.0 Å². The van der Waals surface area contributed by atoms with Gasteiger partial charge in [-0.1, -0.05) is 43.3 Å². The minimum atomic E-state index is -4.60. The smallest absolute Gasteiger partial charge is 0.347 e. The summed E-state index contributed by atoms with van der Waals surface area (Å²) in [5, 5.41) is 3.78. The zero-order chi connectivity index (χ0) is 21.8. The Bertz CT molecular complexity index is 956. The van der Waals surface area contributed by atoms with Crippen LogP contribution in [0.2, 0.25) is 0 Å². The van der Waals surface area contributed by atoms with Gasteiger partial charge in [0.2, 0.25) is 5.95 Å². The summed E-state index contributed by atoms with van der Waals surface area (Å²) in [4.78, 5) is 5.24. The van der Waals surface area contributed by atoms with Crippen molar-refractivity contribution in [1.29, 1.82) is 0 Å². The zero-order valence-electron chi connectivity index (χ0n) is 16.6. The number of anilines is 1. The van der Waals surface area contributed by atoms with Crippen molar-refractivity contribution in [2.45, 2.75) is 26.4 Å². The number of hydrogen-bond donors (Lipinski definition) is 2. The van der Waals surface area contributed by atoms with E-state index in [-0.39, 0.29) is 5.95 Å². The van der Waals surface area contributed by atoms with Crippen LogP contribution in [-0.4, -0.2) is 33.4 Å². The largest absolute Gasteiger partial charge is 0.453 e. The van der Waals surface area contributed by atoms with Gasteiger partial charge in [0.25, 0.3) is 5.82 Å². The lowest BCUT2D eigenvalue weighted by Crippen LogP contribution is -2.16. The molecule has 29 heavy (non-hydrogen) atoms. The van der Waals surface area contributed by atoms with Gasteiger partial charge in [-0.2, -0.15) is 22.8 Å². The van der Waals surface area contributed by atoms with E-state index >= 15 is 0 Å². The van der Waals surface area contributed by atoms with Crippen LogP contribution in [0.3, 0.4) is 0 Å². The Morgan fingerprint density at radius 3 is 2.24 bits per heavy atom. The maximum atomic E-state index is 13.2. The third-order valence-electron chi connectivity index (χ3n) is 4.36. The molecule has 1 N–H and O–H groups in total. The van der Waals surface area contributed by atoms with Crippen LogP contribution in [0.15, 0.2) is 42.5 Å². The zero-order valence-corrected chi connectivity index (χ0v) is 17.5. The number of rotatable bonds is 4. The molecule has 2 aromatic carbocycles. The fraction of sp³-hybridized carbons (Fsp3) is 0.300. The summed E-state index contributed by atoms with van der Waals surface area (Å²) in [5.41, 5.74) is 4.53. The summed E-state index contributed by atoms with van der Waals surface area (Å²) in [6.45, 7) is 3.97. The van der Waals surface area contributed by atoms with Gasteiger partial charge in [0.1, 0.15) is 0 Å². The van der Waals surface area contributed by atoms with Gasteiger partial charge in [-0.3, -0.25) is 0 Å². The highest BCUT2D eigenvalue weighted by Crippen LogP contribution is 2.33. The van der Waals surface area contributed by atoms with Crippen LogP contribution < -0.4 is 4.90 Å². The van der Waals surface area contributed by atoms with Crippen LogP contribution in [0.4, 0.5) is 19.1 Å². The Morgan fingerprint density at radius 1 is 1.10 bits per heavy atom. The average molecular weight is 424 g/mol. The monoisotopic (exact) mass is 424 g/mol. The second-order valence-corrected chi connectivity index (χ2v) is 6.55. The van der Waals surface area contributed by atoms with Gasteiger partial charge in [0, 0.05) is 14.1 Å². The molecular formula is C20H23F3N4OS. The van der Waals surface area contributed by atoms with E-state index in [1.165, 1.54) is 9.58 Å². The number of benzene rings is 2. The van der Waals surface area contributed by atoms with E-state index in [9.17, 15) is 13.2 Å². The van der Waals surface area contributed by atoms with Crippen LogP contribution in [0, 0.1) is 6.92 Å². The molecule has 0 amide bonds. The molecule has 0 aliphatic rings. The lowest BCUT2D eigenvalue weighted by Gasteiger charge is -2.17. The Morgan fingerprint density at radius 2 is 1.72 bits per heavy atom. The van der Waals surface area contributed by atoms with Crippen molar-refractivity contribution in [2.24, 2.45) is 0 Å². The van der Waals surface area contributed by atoms with E-state index < -0.39 is 12.0 Å². The minimum absolute atomic E-state index is 0.139. The van der Waals surface area contributed by atoms with Gasteiger partial charge in [-0.05, 0) is 54.6 Å². The Hall–Kier alpha value is -2.52. The van der Waals surface area contributed by atoms with Gasteiger partial charge in [0.15, 0.2) is 0 Å². The first-order chi connectivity index (χ1) is 13.7. The van der Waals surface area contributed by atoms with Gasteiger partial charge in [-0.15, -0.1) is 5.10 Å². The molecule has 1 aromatic heterocycles. The number of aromatic nitrogens is 3. The van der Waals surface area contributed by atoms with E-state index in [4.69, 9.17) is 4.55 Å². The highest BCUT2D eigenvalue weighted by Gasteiger charge is 2.38. The molecule has 5 nitrogen and oxygen atoms in total. The molecule has 0 spiro atoms. The third-order valence-corrected chi connectivity index (χ3v) is 4.36. The standard InChI is InChI=1S/C20H21F3N4.H2OS/c1-5-14-11-13(2)16(15-9-7-6-8-10-15)12-17(14)27-19(26(3)4)24-18(25-27)20(21,22)23;1-2/h6-12H,5H2,1-4H3;1-2H. The van der Waals surface area contributed by atoms with Gasteiger partial charge in [-0.25, -0.2) is 0 Å². The highest BCUT2D eigenvalue weighted by atomic mass is 32.1. The highest BCUT2D eigenvalue weighted by molar-refractivity contribution is 7.74. The quantitative estimate of drug-likeness (QED) is 0.442. The summed E-state index contributed by atoms with van der Waals surface area (Å²) in [6, 6.07) is 13.7. The van der Waals surface area contributed by atoms with Crippen molar-refractivity contribution in [1.82, 2.24) is 14.8 Å². The molecule has 0 unspecified atom stereocenters. The summed E-state index contributed by atoms with van der Waals surface area (Å²) in [5.74, 6) is -1.00. The molecule has 1 heterocycles. The first-order valence-electron chi connectivity index (χ1n) is 8.83. The van der Waals surface area contributed by atoms with Crippen LogP contribution in [0.1, 0.15) is 23.9 Å². The summed E-state index contributed by atoms with van der Waals surface area (Å²) in [6.07, 6.45) is -3.94. The third kappa shape index (κ3) is 4.91. The molecule has 0 aliphatic heterocycles. The maximum absolute atomic E-state index is 13.2. The Labute approximate surface area is 173 Å². The number of hydrogen-bond acceptors (Lipinski definition) is 5. The average Bonchev–Trinajstić information content (AvgIpc) is 3.16. The van der Waals surface area contributed by atoms with Crippen LogP contribution >= 0.6 is 12.9 Å². The SMILES string of the molecule is CCc1cc(C)c(-c2ccccc2)cc1-n1nc(C(F)(F)F)nc1N(C)C.OS. The second-order valence-electron chi connectivity index (χ2n) is 6.55. The molecule has 0 saturated carbocycles. The van der Waals surface area contributed by atoms with E-state index in [0.29, 0.717) is 12.1 Å². The molecular weight excluding hydrogens is 401 g/mol. The molecule has 0 saturated heterocycles. The molecule has 3 aromatic rings. The van der Waals surface area contributed by atoms with E-state index in [1.807, 2.05) is 56.3 Å². The Balaban J connectivity index is 0.00000145. The minimum Gasteiger partial charge on any atom is -0.347 e. The fourth-order valence-corrected chi connectivity index (χ4v) is 3.04. The van der Waals surface area contributed by atoms with Crippen LogP contribution in [-0.2, 0) is 12.6 Å². The number of alkyl halides is 3. The van der Waals surface area contributed by atoms with Crippen molar-refractivity contribution < 1.29 is 17.7 Å². The molecule has 0 aliphatic carbocycles. The summed E-state index contributed by atoms with van der Waals surface area (Å²) in [7, 11) is 3.30. The van der Waals surface area contributed by atoms with Crippen molar-refractivity contribution in [3.05, 3.63) is 59.4 Å². The predicted molar refractivity (Wildman–Crippen MR) is 112 cm³/mol. The lowest BCUT2D eigenvalue weighted by atomic mass is 9.96. The lowest BCUT2D eigenvalue weighted by molar-refractivity contribution is -0.144. The fourth-order valence-electron chi connectivity index (χ4n) is 3.04. The number of thiol groups is 1. The molecule has 156 valence electrons. The summed E-state index contributed by atoms with van der Waals surface area (Å²) >= 11 is 2.53. The first-order valence-corrected chi connectivity index (χ1v) is 9.23. The van der Waals surface area contributed by atoms with Crippen molar-refractivity contribution in [3.8, 4) is 16.8 Å². The van der Waals surface area contributed by atoms with Gasteiger partial charge < -0.3 is 9.45 Å². The van der Waals surface area contributed by atoms with Crippen molar-refractivity contribution >= 4 is 18.9 Å². The topological polar surface area (TPSA) is 54.2 Å². The predicted octanol–water partition coefficient (Wildman–Crippen LogP) is 5.28. The number of halogens is 3. The van der Waals surface area contributed by atoms with Crippen molar-refractivity contribution in [3.63, 3.8) is 0 Å². The number of nitrogens with zero attached hydrogens (tertiary/aromatic N) is 4. The molecule has 9 heteroatoms. The molecule has 0 fully saturated rings. The van der Waals surface area contributed by atoms with E-state index in [1.54, 1.807) is 14.1 Å². The maximum Gasteiger partial charge on any atom is 0.453 e. The summed E-state index contributed by atoms with van der Waals surface area (Å²) < 4.78 is 47.6. The van der Waals surface area contributed by atoms with Gasteiger partial charge in [0.05, 0.1) is 5.69 Å². The van der Waals surface area contributed by atoms with Crippen LogP contribution in [0.5, 0.6) is 0 Å². The molecule has 0 atom stereocenters. The molecule has 0 radical (unpaired) electrons. The number of aryl methyl sites for hydroxylation is 2. The normalized spacial score (nSPS) is 11.1. The van der Waals surface area contributed by atoms with E-state index in [2.05, 4.69) is 23.0 Å². The second kappa shape index (κ2) is 9.32. The Kier molecular flexibility index (Phi) is 7.32. The van der Waals surface area contributed by atoms with Gasteiger partial charge >= 0.3 is 6.18 Å². The van der Waals surface area contributed by atoms with Crippen LogP contribution in [0.25, 0.3) is 16.8 Å². The first kappa shape index (κ1) is 22.8. The molecule has 3 rings (SSSR count).